The number of amides is 2. The summed E-state index contributed by atoms with van der Waals surface area (Å²) in [5.74, 6) is 0.539. The molecule has 120 valence electrons. The molecule has 4 N–H and O–H groups in total. The number of H-pyrrole nitrogens is 1. The minimum atomic E-state index is -0.872. The van der Waals surface area contributed by atoms with Crippen LogP contribution in [0.2, 0.25) is 0 Å². The van der Waals surface area contributed by atoms with Crippen LogP contribution in [-0.2, 0) is 6.54 Å². The van der Waals surface area contributed by atoms with Gasteiger partial charge in [-0.1, -0.05) is 13.8 Å². The molecule has 0 radical (unpaired) electrons. The molecule has 1 rings (SSSR count). The lowest BCUT2D eigenvalue weighted by Gasteiger charge is -2.24. The van der Waals surface area contributed by atoms with Crippen LogP contribution >= 0.6 is 0 Å². The van der Waals surface area contributed by atoms with Crippen LogP contribution in [0.5, 0.6) is 0 Å². The number of hydrogen-bond donors (Lipinski definition) is 4. The van der Waals surface area contributed by atoms with Crippen molar-refractivity contribution in [3.8, 4) is 0 Å². The lowest BCUT2D eigenvalue weighted by molar-refractivity contribution is 0.0476. The normalized spacial score (nSPS) is 14.0. The van der Waals surface area contributed by atoms with Crippen LogP contribution in [0.3, 0.4) is 0 Å². The monoisotopic (exact) mass is 296 g/mol. The van der Waals surface area contributed by atoms with Gasteiger partial charge >= 0.3 is 6.03 Å². The van der Waals surface area contributed by atoms with Gasteiger partial charge in [-0.3, -0.25) is 5.10 Å². The number of aromatic nitrogens is 2. The van der Waals surface area contributed by atoms with Crippen molar-refractivity contribution < 1.29 is 9.90 Å². The summed E-state index contributed by atoms with van der Waals surface area (Å²) in [7, 11) is 0. The van der Waals surface area contributed by atoms with E-state index in [0.717, 1.165) is 23.4 Å². The van der Waals surface area contributed by atoms with Crippen LogP contribution < -0.4 is 10.6 Å². The molecule has 0 aromatic carbocycles. The highest BCUT2D eigenvalue weighted by atomic mass is 16.3. The first-order valence-electron chi connectivity index (χ1n) is 7.46. The van der Waals surface area contributed by atoms with E-state index in [1.165, 1.54) is 0 Å². The summed E-state index contributed by atoms with van der Waals surface area (Å²) in [6.07, 6.45) is 1.61. The van der Waals surface area contributed by atoms with Crippen LogP contribution in [0.1, 0.15) is 50.6 Å². The highest BCUT2D eigenvalue weighted by Crippen LogP contribution is 2.15. The Kier molecular flexibility index (Phi) is 6.20. The van der Waals surface area contributed by atoms with Gasteiger partial charge < -0.3 is 15.7 Å². The first-order chi connectivity index (χ1) is 9.71. The summed E-state index contributed by atoms with van der Waals surface area (Å²) in [6.45, 7) is 10.5. The number of rotatable bonds is 7. The second kappa shape index (κ2) is 7.45. The van der Waals surface area contributed by atoms with Gasteiger partial charge in [-0.2, -0.15) is 5.10 Å². The molecule has 0 bridgehead atoms. The van der Waals surface area contributed by atoms with Gasteiger partial charge in [-0.05, 0) is 39.5 Å². The Morgan fingerprint density at radius 2 is 2.05 bits per heavy atom. The van der Waals surface area contributed by atoms with Crippen LogP contribution in [0, 0.1) is 19.8 Å². The average Bonchev–Trinajstić information content (AvgIpc) is 2.71. The first kappa shape index (κ1) is 17.5. The second-order valence-electron chi connectivity index (χ2n) is 6.38. The van der Waals surface area contributed by atoms with Gasteiger partial charge in [-0.15, -0.1) is 0 Å². The summed E-state index contributed by atoms with van der Waals surface area (Å²) in [6, 6.07) is -0.278. The number of hydrogen-bond acceptors (Lipinski definition) is 3. The summed E-state index contributed by atoms with van der Waals surface area (Å²) >= 11 is 0. The minimum absolute atomic E-state index is 0.245. The Labute approximate surface area is 126 Å². The largest absolute Gasteiger partial charge is 0.388 e. The number of aliphatic hydroxyl groups is 1. The van der Waals surface area contributed by atoms with E-state index in [0.29, 0.717) is 18.9 Å². The second-order valence-corrected chi connectivity index (χ2v) is 6.38. The molecule has 0 aliphatic rings. The molecule has 0 aliphatic carbocycles. The third kappa shape index (κ3) is 6.16. The predicted molar refractivity (Wildman–Crippen MR) is 83.0 cm³/mol. The van der Waals surface area contributed by atoms with Crippen molar-refractivity contribution in [1.29, 1.82) is 0 Å². The molecule has 1 heterocycles. The topological polar surface area (TPSA) is 90.0 Å². The van der Waals surface area contributed by atoms with Crippen molar-refractivity contribution in [3.63, 3.8) is 0 Å². The number of aromatic amines is 1. The zero-order valence-corrected chi connectivity index (χ0v) is 13.7. The van der Waals surface area contributed by atoms with Crippen LogP contribution in [0.15, 0.2) is 0 Å². The van der Waals surface area contributed by atoms with Crippen molar-refractivity contribution in [2.45, 2.75) is 59.6 Å². The number of nitrogens with one attached hydrogen (secondary N) is 3. The summed E-state index contributed by atoms with van der Waals surface area (Å²) in [5, 5.41) is 22.7. The Bertz CT molecular complexity index is 447. The van der Waals surface area contributed by atoms with Crippen molar-refractivity contribution >= 4 is 6.03 Å². The number of nitrogens with zero attached hydrogens (tertiary/aromatic N) is 1. The standard InChI is InChI=1S/C15H28N4O2/c1-10(2)6-7-15(5,21)9-17-14(20)16-8-13-11(3)18-19-12(13)4/h10,21H,6-9H2,1-5H3,(H,18,19)(H2,16,17,20). The molecular formula is C15H28N4O2. The SMILES string of the molecule is Cc1n[nH]c(C)c1CNC(=O)NCC(C)(O)CCC(C)C. The summed E-state index contributed by atoms with van der Waals surface area (Å²) in [4.78, 5) is 11.8. The molecule has 1 aromatic heterocycles. The average molecular weight is 296 g/mol. The molecule has 1 aromatic rings. The molecule has 0 aliphatic heterocycles. The maximum absolute atomic E-state index is 11.8. The number of carbonyl (C=O) groups excluding carboxylic acids is 1. The van der Waals surface area contributed by atoms with E-state index in [1.54, 1.807) is 6.92 Å². The third-order valence-electron chi connectivity index (χ3n) is 3.60. The van der Waals surface area contributed by atoms with Crippen molar-refractivity contribution in [1.82, 2.24) is 20.8 Å². The van der Waals surface area contributed by atoms with Crippen LogP contribution in [-0.4, -0.2) is 33.5 Å². The summed E-state index contributed by atoms with van der Waals surface area (Å²) in [5.41, 5.74) is 1.97. The zero-order chi connectivity index (χ0) is 16.0. The summed E-state index contributed by atoms with van der Waals surface area (Å²) < 4.78 is 0. The van der Waals surface area contributed by atoms with Gasteiger partial charge in [0.25, 0.3) is 0 Å². The van der Waals surface area contributed by atoms with Gasteiger partial charge in [0, 0.05) is 24.3 Å². The fourth-order valence-electron chi connectivity index (χ4n) is 2.02. The Morgan fingerprint density at radius 1 is 1.38 bits per heavy atom. The molecule has 2 amide bonds. The molecule has 0 saturated heterocycles. The van der Waals surface area contributed by atoms with Crippen LogP contribution in [0.25, 0.3) is 0 Å². The fraction of sp³-hybridized carbons (Fsp3) is 0.733. The zero-order valence-electron chi connectivity index (χ0n) is 13.7. The molecule has 21 heavy (non-hydrogen) atoms. The molecule has 1 atom stereocenters. The quantitative estimate of drug-likeness (QED) is 0.620. The van der Waals surface area contributed by atoms with E-state index in [2.05, 4.69) is 34.7 Å². The van der Waals surface area contributed by atoms with Crippen molar-refractivity contribution in [2.24, 2.45) is 5.92 Å². The lowest BCUT2D eigenvalue weighted by atomic mass is 9.95. The molecule has 0 fully saturated rings. The van der Waals surface area contributed by atoms with Gasteiger partial charge in [0.15, 0.2) is 0 Å². The van der Waals surface area contributed by atoms with Gasteiger partial charge in [0.2, 0.25) is 0 Å². The molecular weight excluding hydrogens is 268 g/mol. The fourth-order valence-corrected chi connectivity index (χ4v) is 2.02. The third-order valence-corrected chi connectivity index (χ3v) is 3.60. The minimum Gasteiger partial charge on any atom is -0.388 e. The number of aryl methyl sites for hydroxylation is 2. The van der Waals surface area contributed by atoms with E-state index in [4.69, 9.17) is 0 Å². The van der Waals surface area contributed by atoms with E-state index in [1.807, 2.05) is 13.8 Å². The Hall–Kier alpha value is -1.56. The highest BCUT2D eigenvalue weighted by molar-refractivity contribution is 5.73. The van der Waals surface area contributed by atoms with Gasteiger partial charge in [0.05, 0.1) is 11.3 Å². The maximum atomic E-state index is 11.8. The molecule has 1 unspecified atom stereocenters. The van der Waals surface area contributed by atoms with Crippen molar-refractivity contribution in [2.75, 3.05) is 6.54 Å². The predicted octanol–water partition coefficient (Wildman–Crippen LogP) is 2.01. The van der Waals surface area contributed by atoms with E-state index in [9.17, 15) is 9.90 Å². The van der Waals surface area contributed by atoms with E-state index in [-0.39, 0.29) is 12.6 Å². The Morgan fingerprint density at radius 3 is 2.57 bits per heavy atom. The molecule has 0 saturated carbocycles. The van der Waals surface area contributed by atoms with E-state index < -0.39 is 5.60 Å². The molecule has 6 nitrogen and oxygen atoms in total. The van der Waals surface area contributed by atoms with Gasteiger partial charge in [0.1, 0.15) is 0 Å². The van der Waals surface area contributed by atoms with Gasteiger partial charge in [-0.25, -0.2) is 4.79 Å². The molecule has 6 heteroatoms. The maximum Gasteiger partial charge on any atom is 0.315 e. The molecule has 0 spiro atoms. The lowest BCUT2D eigenvalue weighted by Crippen LogP contribution is -2.44. The first-order valence-corrected chi connectivity index (χ1v) is 7.46. The van der Waals surface area contributed by atoms with Crippen molar-refractivity contribution in [3.05, 3.63) is 17.0 Å². The highest BCUT2D eigenvalue weighted by Gasteiger charge is 2.21. The smallest absolute Gasteiger partial charge is 0.315 e. The van der Waals surface area contributed by atoms with Crippen LogP contribution in [0.4, 0.5) is 4.79 Å². The Balaban J connectivity index is 2.34. The van der Waals surface area contributed by atoms with E-state index >= 15 is 0 Å². The number of urea groups is 1. The number of carbonyl (C=O) groups is 1.